The van der Waals surface area contributed by atoms with E-state index < -0.39 is 0 Å². The van der Waals surface area contributed by atoms with Crippen molar-refractivity contribution in [3.8, 4) is 0 Å². The molecular weight excluding hydrogens is 316 g/mol. The molecular formula is C20H22N2O3. The van der Waals surface area contributed by atoms with Crippen molar-refractivity contribution in [2.24, 2.45) is 0 Å². The van der Waals surface area contributed by atoms with Gasteiger partial charge in [-0.05, 0) is 18.9 Å². The van der Waals surface area contributed by atoms with Crippen LogP contribution in [-0.2, 0) is 11.3 Å². The van der Waals surface area contributed by atoms with E-state index in [4.69, 9.17) is 0 Å². The number of hydrogen-bond donors (Lipinski definition) is 0. The molecule has 1 aromatic heterocycles. The highest BCUT2D eigenvalue weighted by molar-refractivity contribution is 5.96. The molecule has 25 heavy (non-hydrogen) atoms. The van der Waals surface area contributed by atoms with Crippen LogP contribution in [0.4, 0.5) is 0 Å². The molecule has 1 atom stereocenters. The van der Waals surface area contributed by atoms with Gasteiger partial charge in [0.2, 0.25) is 5.91 Å². The Kier molecular flexibility index (Phi) is 5.43. The molecule has 0 saturated carbocycles. The summed E-state index contributed by atoms with van der Waals surface area (Å²) >= 11 is 0. The summed E-state index contributed by atoms with van der Waals surface area (Å²) in [6, 6.07) is 14.1. The summed E-state index contributed by atoms with van der Waals surface area (Å²) in [4.78, 5) is 38.5. The van der Waals surface area contributed by atoms with Gasteiger partial charge in [-0.15, -0.1) is 0 Å². The van der Waals surface area contributed by atoms with Crippen LogP contribution in [0.25, 0.3) is 0 Å². The largest absolute Gasteiger partial charge is 0.339 e. The number of nitrogens with zero attached hydrogens (tertiary/aromatic N) is 2. The predicted molar refractivity (Wildman–Crippen MR) is 95.4 cm³/mol. The minimum atomic E-state index is -0.104. The zero-order valence-corrected chi connectivity index (χ0v) is 14.1. The monoisotopic (exact) mass is 338 g/mol. The fraction of sp³-hybridized carbons (Fsp3) is 0.350. The van der Waals surface area contributed by atoms with E-state index in [2.05, 4.69) is 0 Å². The van der Waals surface area contributed by atoms with Crippen LogP contribution in [0.2, 0.25) is 0 Å². The van der Waals surface area contributed by atoms with Crippen LogP contribution in [0, 0.1) is 0 Å². The highest BCUT2D eigenvalue weighted by atomic mass is 16.2. The Morgan fingerprint density at radius 1 is 1.04 bits per heavy atom. The number of likely N-dealkylation sites (tertiary alicyclic amines) is 1. The normalized spacial score (nSPS) is 16.8. The van der Waals surface area contributed by atoms with E-state index in [1.165, 1.54) is 10.6 Å². The van der Waals surface area contributed by atoms with E-state index in [0.717, 1.165) is 12.8 Å². The summed E-state index contributed by atoms with van der Waals surface area (Å²) < 4.78 is 1.54. The summed E-state index contributed by atoms with van der Waals surface area (Å²) in [5.74, 6) is 0.0868. The summed E-state index contributed by atoms with van der Waals surface area (Å²) in [7, 11) is 0. The first-order valence-corrected chi connectivity index (χ1v) is 8.68. The maximum absolute atomic E-state index is 12.6. The first kappa shape index (κ1) is 17.1. The second-order valence-corrected chi connectivity index (χ2v) is 6.36. The fourth-order valence-corrected chi connectivity index (χ4v) is 3.34. The van der Waals surface area contributed by atoms with Crippen LogP contribution in [0.5, 0.6) is 0 Å². The van der Waals surface area contributed by atoms with Gasteiger partial charge in [-0.1, -0.05) is 36.4 Å². The molecule has 0 unspecified atom stereocenters. The molecule has 5 nitrogen and oxygen atoms in total. The fourth-order valence-electron chi connectivity index (χ4n) is 3.34. The van der Waals surface area contributed by atoms with Crippen molar-refractivity contribution >= 4 is 11.7 Å². The number of benzene rings is 1. The van der Waals surface area contributed by atoms with Crippen molar-refractivity contribution in [1.29, 1.82) is 0 Å². The molecule has 1 saturated heterocycles. The number of pyridine rings is 1. The van der Waals surface area contributed by atoms with Gasteiger partial charge in [0.05, 0.1) is 0 Å². The first-order valence-electron chi connectivity index (χ1n) is 8.68. The van der Waals surface area contributed by atoms with Gasteiger partial charge in [0.25, 0.3) is 5.56 Å². The standard InChI is InChI=1S/C20H22N2O3/c23-18(16-7-2-1-3-8-16)15-17-9-6-13-22(17)20(25)11-14-21-12-5-4-10-19(21)24/h1-5,7-8,10,12,17H,6,9,11,13-15H2/t17-/m0/s1. The lowest BCUT2D eigenvalue weighted by Gasteiger charge is -2.24. The van der Waals surface area contributed by atoms with Gasteiger partial charge in [-0.2, -0.15) is 0 Å². The third-order valence-corrected chi connectivity index (χ3v) is 4.68. The molecule has 1 fully saturated rings. The molecule has 1 amide bonds. The van der Waals surface area contributed by atoms with E-state index in [1.807, 2.05) is 35.2 Å². The number of aromatic nitrogens is 1. The molecule has 3 rings (SSSR count). The van der Waals surface area contributed by atoms with Gasteiger partial charge >= 0.3 is 0 Å². The molecule has 0 bridgehead atoms. The van der Waals surface area contributed by atoms with Crippen molar-refractivity contribution < 1.29 is 9.59 Å². The van der Waals surface area contributed by atoms with E-state index in [9.17, 15) is 14.4 Å². The van der Waals surface area contributed by atoms with E-state index >= 15 is 0 Å². The SMILES string of the molecule is O=C(C[C@@H]1CCCN1C(=O)CCn1ccccc1=O)c1ccccc1. The smallest absolute Gasteiger partial charge is 0.250 e. The van der Waals surface area contributed by atoms with Gasteiger partial charge in [0.1, 0.15) is 0 Å². The topological polar surface area (TPSA) is 59.4 Å². The van der Waals surface area contributed by atoms with Crippen molar-refractivity contribution in [3.63, 3.8) is 0 Å². The van der Waals surface area contributed by atoms with Crippen LogP contribution in [0.1, 0.15) is 36.0 Å². The lowest BCUT2D eigenvalue weighted by atomic mass is 10.0. The first-order chi connectivity index (χ1) is 12.1. The second kappa shape index (κ2) is 7.92. The highest BCUT2D eigenvalue weighted by Gasteiger charge is 2.30. The Balaban J connectivity index is 1.59. The minimum Gasteiger partial charge on any atom is -0.339 e. The Morgan fingerprint density at radius 3 is 2.56 bits per heavy atom. The quantitative estimate of drug-likeness (QED) is 0.761. The molecule has 0 spiro atoms. The summed E-state index contributed by atoms with van der Waals surface area (Å²) in [6.07, 6.45) is 4.11. The Labute approximate surface area is 146 Å². The van der Waals surface area contributed by atoms with Crippen molar-refractivity contribution in [1.82, 2.24) is 9.47 Å². The predicted octanol–water partition coefficient (Wildman–Crippen LogP) is 2.50. The van der Waals surface area contributed by atoms with Crippen LogP contribution >= 0.6 is 0 Å². The van der Waals surface area contributed by atoms with E-state index in [1.54, 1.807) is 18.3 Å². The number of ketones is 1. The number of Topliss-reactive ketones (excluding diaryl/α,β-unsaturated/α-hetero) is 1. The van der Waals surface area contributed by atoms with Gasteiger partial charge in [-0.25, -0.2) is 0 Å². The number of carbonyl (C=O) groups is 2. The molecule has 1 aromatic carbocycles. The van der Waals surface area contributed by atoms with Gasteiger partial charge in [0.15, 0.2) is 5.78 Å². The Bertz CT molecular complexity index is 798. The summed E-state index contributed by atoms with van der Waals surface area (Å²) in [6.45, 7) is 1.06. The number of rotatable bonds is 6. The van der Waals surface area contributed by atoms with Gasteiger partial charge < -0.3 is 9.47 Å². The molecule has 130 valence electrons. The van der Waals surface area contributed by atoms with Crippen LogP contribution in [0.3, 0.4) is 0 Å². The van der Waals surface area contributed by atoms with E-state index in [0.29, 0.717) is 25.1 Å². The van der Waals surface area contributed by atoms with Crippen LogP contribution < -0.4 is 5.56 Å². The molecule has 0 radical (unpaired) electrons. The third kappa shape index (κ3) is 4.24. The van der Waals surface area contributed by atoms with Crippen LogP contribution in [-0.4, -0.2) is 33.7 Å². The van der Waals surface area contributed by atoms with Crippen LogP contribution in [0.15, 0.2) is 59.5 Å². The Morgan fingerprint density at radius 2 is 1.80 bits per heavy atom. The van der Waals surface area contributed by atoms with Crippen molar-refractivity contribution in [3.05, 3.63) is 70.6 Å². The summed E-state index contributed by atoms with van der Waals surface area (Å²) in [5.41, 5.74) is 0.588. The summed E-state index contributed by atoms with van der Waals surface area (Å²) in [5, 5.41) is 0. The van der Waals surface area contributed by atoms with Crippen molar-refractivity contribution in [2.75, 3.05) is 6.54 Å². The third-order valence-electron chi connectivity index (χ3n) is 4.68. The number of amides is 1. The molecule has 5 heteroatoms. The number of hydrogen-bond acceptors (Lipinski definition) is 3. The molecule has 2 aromatic rings. The zero-order valence-electron chi connectivity index (χ0n) is 14.1. The Hall–Kier alpha value is -2.69. The lowest BCUT2D eigenvalue weighted by molar-refractivity contribution is -0.132. The van der Waals surface area contributed by atoms with Gasteiger partial charge in [0, 0.05) is 49.8 Å². The maximum Gasteiger partial charge on any atom is 0.250 e. The average Bonchev–Trinajstić information content (AvgIpc) is 3.09. The highest BCUT2D eigenvalue weighted by Crippen LogP contribution is 2.22. The second-order valence-electron chi connectivity index (χ2n) is 6.36. The number of aryl methyl sites for hydroxylation is 1. The molecule has 1 aliphatic heterocycles. The zero-order chi connectivity index (χ0) is 17.6. The lowest BCUT2D eigenvalue weighted by Crippen LogP contribution is -2.37. The molecule has 0 N–H and O–H groups in total. The molecule has 1 aliphatic rings. The van der Waals surface area contributed by atoms with Gasteiger partial charge in [-0.3, -0.25) is 14.4 Å². The molecule has 0 aliphatic carbocycles. The average molecular weight is 338 g/mol. The number of carbonyl (C=O) groups excluding carboxylic acids is 2. The minimum absolute atomic E-state index is 0.0131. The van der Waals surface area contributed by atoms with Crippen molar-refractivity contribution in [2.45, 2.75) is 38.3 Å². The molecule has 2 heterocycles. The van der Waals surface area contributed by atoms with E-state index in [-0.39, 0.29) is 29.7 Å². The maximum atomic E-state index is 12.6.